The Bertz CT molecular complexity index is 1230. The smallest absolute Gasteiger partial charge is 0.195 e. The van der Waals surface area contributed by atoms with E-state index < -0.39 is 5.79 Å². The molecule has 0 saturated carbocycles. The van der Waals surface area contributed by atoms with Gasteiger partial charge in [-0.25, -0.2) is 4.39 Å². The third-order valence-corrected chi connectivity index (χ3v) is 7.73. The molecule has 3 aliphatic rings. The SMILES string of the molecule is Fc1ccc(C2(CCCN3CCC(=C4c5ccccc5C=Cc5ccccc54)CC3)OCCO2)cc1. The van der Waals surface area contributed by atoms with Gasteiger partial charge in [-0.1, -0.05) is 78.4 Å². The number of hydrogen-bond donors (Lipinski definition) is 0. The molecule has 6 rings (SSSR count). The fourth-order valence-electron chi connectivity index (χ4n) is 5.89. The second kappa shape index (κ2) is 10.1. The lowest BCUT2D eigenvalue weighted by molar-refractivity contribution is -0.172. The Hall–Kier alpha value is -3.05. The molecule has 2 aliphatic heterocycles. The Morgan fingerprint density at radius 2 is 1.33 bits per heavy atom. The van der Waals surface area contributed by atoms with E-state index in [1.807, 2.05) is 0 Å². The van der Waals surface area contributed by atoms with Gasteiger partial charge in [0.1, 0.15) is 5.82 Å². The van der Waals surface area contributed by atoms with Crippen molar-refractivity contribution in [3.8, 4) is 0 Å². The Morgan fingerprint density at radius 3 is 1.94 bits per heavy atom. The van der Waals surface area contributed by atoms with E-state index in [1.165, 1.54) is 40.0 Å². The summed E-state index contributed by atoms with van der Waals surface area (Å²) in [6, 6.07) is 24.1. The van der Waals surface area contributed by atoms with Crippen LogP contribution in [-0.4, -0.2) is 37.7 Å². The minimum absolute atomic E-state index is 0.236. The third kappa shape index (κ3) is 4.57. The van der Waals surface area contributed by atoms with Crippen molar-refractivity contribution in [2.24, 2.45) is 0 Å². The highest BCUT2D eigenvalue weighted by Crippen LogP contribution is 2.39. The molecule has 0 spiro atoms. The summed E-state index contributed by atoms with van der Waals surface area (Å²) in [5.41, 5.74) is 9.17. The van der Waals surface area contributed by atoms with Gasteiger partial charge in [0.15, 0.2) is 5.79 Å². The van der Waals surface area contributed by atoms with Crippen LogP contribution in [0.1, 0.15) is 53.5 Å². The molecule has 3 aromatic carbocycles. The van der Waals surface area contributed by atoms with Crippen molar-refractivity contribution in [1.82, 2.24) is 4.90 Å². The first-order chi connectivity index (χ1) is 17.7. The molecule has 0 unspecified atom stereocenters. The van der Waals surface area contributed by atoms with Gasteiger partial charge in [0.25, 0.3) is 0 Å². The Labute approximate surface area is 212 Å². The average Bonchev–Trinajstić information content (AvgIpc) is 3.33. The van der Waals surface area contributed by atoms with Gasteiger partial charge in [-0.3, -0.25) is 0 Å². The van der Waals surface area contributed by atoms with E-state index in [-0.39, 0.29) is 5.82 Å². The average molecular weight is 482 g/mol. The van der Waals surface area contributed by atoms with Crippen LogP contribution in [0.25, 0.3) is 17.7 Å². The molecule has 2 fully saturated rings. The fraction of sp³-hybridized carbons (Fsp3) is 0.312. The highest BCUT2D eigenvalue weighted by atomic mass is 19.1. The van der Waals surface area contributed by atoms with Crippen LogP contribution in [0.3, 0.4) is 0 Å². The third-order valence-electron chi connectivity index (χ3n) is 7.73. The van der Waals surface area contributed by atoms with Crippen LogP contribution >= 0.6 is 0 Å². The topological polar surface area (TPSA) is 21.7 Å². The quantitative estimate of drug-likeness (QED) is 0.310. The highest BCUT2D eigenvalue weighted by Gasteiger charge is 2.38. The van der Waals surface area contributed by atoms with Crippen molar-refractivity contribution in [2.45, 2.75) is 31.5 Å². The number of benzene rings is 3. The molecule has 0 atom stereocenters. The maximum atomic E-state index is 13.5. The maximum absolute atomic E-state index is 13.5. The molecule has 0 aromatic heterocycles. The van der Waals surface area contributed by atoms with Gasteiger partial charge in [0.2, 0.25) is 0 Å². The molecule has 4 heteroatoms. The van der Waals surface area contributed by atoms with E-state index in [4.69, 9.17) is 9.47 Å². The summed E-state index contributed by atoms with van der Waals surface area (Å²) < 4.78 is 25.6. The summed E-state index contributed by atoms with van der Waals surface area (Å²) in [5.74, 6) is -0.975. The lowest BCUT2D eigenvalue weighted by Gasteiger charge is -2.32. The van der Waals surface area contributed by atoms with Crippen molar-refractivity contribution in [2.75, 3.05) is 32.8 Å². The first-order valence-corrected chi connectivity index (χ1v) is 13.1. The second-order valence-corrected chi connectivity index (χ2v) is 9.89. The maximum Gasteiger partial charge on any atom is 0.195 e. The molecule has 0 amide bonds. The zero-order chi connectivity index (χ0) is 24.4. The van der Waals surface area contributed by atoms with Crippen molar-refractivity contribution < 1.29 is 13.9 Å². The number of nitrogens with zero attached hydrogens (tertiary/aromatic N) is 1. The van der Waals surface area contributed by atoms with Crippen LogP contribution in [0.15, 0.2) is 78.4 Å². The van der Waals surface area contributed by atoms with Crippen LogP contribution in [0.2, 0.25) is 0 Å². The van der Waals surface area contributed by atoms with Crippen LogP contribution < -0.4 is 0 Å². The number of hydrogen-bond acceptors (Lipinski definition) is 3. The Balaban J connectivity index is 1.15. The van der Waals surface area contributed by atoms with Gasteiger partial charge in [0, 0.05) is 25.1 Å². The van der Waals surface area contributed by atoms with Crippen molar-refractivity contribution in [3.05, 3.63) is 112 Å². The number of piperidine rings is 1. The molecular formula is C32H32FNO2. The number of halogens is 1. The molecule has 0 radical (unpaired) electrons. The standard InChI is InChI=1S/C32H32FNO2/c33-28-14-12-27(13-15-28)32(35-22-23-36-32)18-5-19-34-20-16-26(17-21-34)31-29-8-3-1-6-24(29)10-11-25-7-2-4-9-30(25)31/h1-4,6-15H,5,16-23H2. The van der Waals surface area contributed by atoms with Crippen molar-refractivity contribution in [1.29, 1.82) is 0 Å². The Morgan fingerprint density at radius 1 is 0.750 bits per heavy atom. The van der Waals surface area contributed by atoms with Crippen LogP contribution in [0.5, 0.6) is 0 Å². The number of likely N-dealkylation sites (tertiary alicyclic amines) is 1. The molecule has 3 nitrogen and oxygen atoms in total. The van der Waals surface area contributed by atoms with Crippen LogP contribution in [0.4, 0.5) is 4.39 Å². The fourth-order valence-corrected chi connectivity index (χ4v) is 5.89. The summed E-state index contributed by atoms with van der Waals surface area (Å²) in [5, 5.41) is 0. The molecule has 3 aromatic rings. The van der Waals surface area contributed by atoms with Gasteiger partial charge < -0.3 is 14.4 Å². The number of fused-ring (bicyclic) bond motifs is 2. The molecule has 0 N–H and O–H groups in total. The summed E-state index contributed by atoms with van der Waals surface area (Å²) in [6.07, 6.45) is 8.40. The summed E-state index contributed by atoms with van der Waals surface area (Å²) in [4.78, 5) is 2.56. The summed E-state index contributed by atoms with van der Waals surface area (Å²) >= 11 is 0. The molecular weight excluding hydrogens is 449 g/mol. The van der Waals surface area contributed by atoms with Crippen molar-refractivity contribution in [3.63, 3.8) is 0 Å². The van der Waals surface area contributed by atoms with E-state index in [9.17, 15) is 4.39 Å². The first-order valence-electron chi connectivity index (χ1n) is 13.1. The zero-order valence-corrected chi connectivity index (χ0v) is 20.6. The first kappa shape index (κ1) is 23.4. The van der Waals surface area contributed by atoms with Gasteiger partial charge in [-0.2, -0.15) is 0 Å². The normalized spacial score (nSPS) is 19.1. The van der Waals surface area contributed by atoms with Gasteiger partial charge in [-0.15, -0.1) is 0 Å². The van der Waals surface area contributed by atoms with E-state index in [0.29, 0.717) is 13.2 Å². The minimum Gasteiger partial charge on any atom is -0.343 e. The second-order valence-electron chi connectivity index (χ2n) is 9.89. The predicted octanol–water partition coefficient (Wildman–Crippen LogP) is 6.89. The highest BCUT2D eigenvalue weighted by molar-refractivity contribution is 5.94. The van der Waals surface area contributed by atoms with Crippen LogP contribution in [-0.2, 0) is 15.3 Å². The lowest BCUT2D eigenvalue weighted by Crippen LogP contribution is -2.34. The zero-order valence-electron chi connectivity index (χ0n) is 20.6. The van der Waals surface area contributed by atoms with E-state index in [0.717, 1.165) is 50.9 Å². The van der Waals surface area contributed by atoms with Gasteiger partial charge in [-0.05, 0) is 65.8 Å². The van der Waals surface area contributed by atoms with Crippen molar-refractivity contribution >= 4 is 17.7 Å². The molecule has 2 heterocycles. The summed E-state index contributed by atoms with van der Waals surface area (Å²) in [7, 11) is 0. The number of rotatable bonds is 5. The van der Waals surface area contributed by atoms with E-state index in [2.05, 4.69) is 65.6 Å². The number of ether oxygens (including phenoxy) is 2. The minimum atomic E-state index is -0.739. The molecule has 0 bridgehead atoms. The molecule has 2 saturated heterocycles. The van der Waals surface area contributed by atoms with Crippen LogP contribution in [0, 0.1) is 5.82 Å². The van der Waals surface area contributed by atoms with E-state index >= 15 is 0 Å². The van der Waals surface area contributed by atoms with Gasteiger partial charge in [0.05, 0.1) is 13.2 Å². The monoisotopic (exact) mass is 481 g/mol. The summed E-state index contributed by atoms with van der Waals surface area (Å²) in [6.45, 7) is 4.28. The molecule has 36 heavy (non-hydrogen) atoms. The van der Waals surface area contributed by atoms with Gasteiger partial charge >= 0.3 is 0 Å². The molecule has 1 aliphatic carbocycles. The Kier molecular flexibility index (Phi) is 6.58. The lowest BCUT2D eigenvalue weighted by atomic mass is 9.86. The van der Waals surface area contributed by atoms with E-state index in [1.54, 1.807) is 17.7 Å². The molecule has 184 valence electrons. The predicted molar refractivity (Wildman–Crippen MR) is 143 cm³/mol. The largest absolute Gasteiger partial charge is 0.343 e.